The molecule has 2 N–H and O–H groups in total. The summed E-state index contributed by atoms with van der Waals surface area (Å²) in [4.78, 5) is 17.1. The number of carbonyl (C=O) groups excluding carboxylic acids is 1. The van der Waals surface area contributed by atoms with Gasteiger partial charge in [0.2, 0.25) is 11.8 Å². The van der Waals surface area contributed by atoms with Crippen LogP contribution in [-0.4, -0.2) is 43.4 Å². The molecule has 1 fully saturated rings. The number of nitrogens with zero attached hydrogens (tertiary/aromatic N) is 1. The van der Waals surface area contributed by atoms with Crippen LogP contribution in [-0.2, 0) is 14.6 Å². The molecule has 0 bridgehead atoms. The van der Waals surface area contributed by atoms with Crippen LogP contribution in [0.3, 0.4) is 0 Å². The van der Waals surface area contributed by atoms with E-state index in [0.717, 1.165) is 17.6 Å². The SMILES string of the molecule is CC(C)c1cnc(-c2ccc(NC(=O)C3(S(C)(=O)=O)CCNCC3)cc2)o1.Cl. The molecule has 1 aliphatic rings. The van der Waals surface area contributed by atoms with E-state index < -0.39 is 20.5 Å². The van der Waals surface area contributed by atoms with E-state index >= 15 is 0 Å². The number of halogens is 1. The summed E-state index contributed by atoms with van der Waals surface area (Å²) >= 11 is 0. The average molecular weight is 428 g/mol. The average Bonchev–Trinajstić information content (AvgIpc) is 3.12. The van der Waals surface area contributed by atoms with Gasteiger partial charge in [-0.05, 0) is 50.2 Å². The summed E-state index contributed by atoms with van der Waals surface area (Å²) in [6.07, 6.45) is 3.38. The fraction of sp³-hybridized carbons (Fsp3) is 0.474. The van der Waals surface area contributed by atoms with Crippen LogP contribution in [0.25, 0.3) is 11.5 Å². The first-order valence-corrected chi connectivity index (χ1v) is 10.9. The number of oxazole rings is 1. The molecule has 0 aliphatic carbocycles. The maximum Gasteiger partial charge on any atom is 0.245 e. The van der Waals surface area contributed by atoms with Gasteiger partial charge in [0.05, 0.1) is 6.20 Å². The summed E-state index contributed by atoms with van der Waals surface area (Å²) < 4.78 is 29.0. The minimum atomic E-state index is -3.54. The van der Waals surface area contributed by atoms with Gasteiger partial charge in [0.25, 0.3) is 0 Å². The van der Waals surface area contributed by atoms with Crippen molar-refractivity contribution < 1.29 is 17.6 Å². The molecule has 0 radical (unpaired) electrons. The number of aromatic nitrogens is 1. The summed E-state index contributed by atoms with van der Waals surface area (Å²) in [5.74, 6) is 1.10. The minimum Gasteiger partial charge on any atom is -0.441 e. The second-order valence-corrected chi connectivity index (χ2v) is 9.60. The largest absolute Gasteiger partial charge is 0.441 e. The Morgan fingerprint density at radius 2 is 1.82 bits per heavy atom. The van der Waals surface area contributed by atoms with Crippen molar-refractivity contribution in [3.63, 3.8) is 0 Å². The predicted octanol–water partition coefficient (Wildman–Crippen LogP) is 2.99. The van der Waals surface area contributed by atoms with Gasteiger partial charge in [0, 0.05) is 23.4 Å². The van der Waals surface area contributed by atoms with E-state index in [-0.39, 0.29) is 31.2 Å². The van der Waals surface area contributed by atoms with Crippen molar-refractivity contribution in [3.05, 3.63) is 36.2 Å². The van der Waals surface area contributed by atoms with Crippen LogP contribution < -0.4 is 10.6 Å². The lowest BCUT2D eigenvalue weighted by Crippen LogP contribution is -2.55. The first-order chi connectivity index (χ1) is 12.7. The Hall–Kier alpha value is -1.90. The third-order valence-electron chi connectivity index (χ3n) is 5.02. The van der Waals surface area contributed by atoms with Crippen LogP contribution >= 0.6 is 12.4 Å². The zero-order valence-corrected chi connectivity index (χ0v) is 17.8. The van der Waals surface area contributed by atoms with Crippen LogP contribution in [0.1, 0.15) is 38.4 Å². The van der Waals surface area contributed by atoms with Crippen molar-refractivity contribution in [1.29, 1.82) is 0 Å². The molecular formula is C19H26ClN3O4S. The molecule has 9 heteroatoms. The molecule has 0 atom stereocenters. The normalized spacial score (nSPS) is 16.4. The standard InChI is InChI=1S/C19H25N3O4S.ClH/c1-13(2)16-12-21-17(26-16)14-4-6-15(7-5-14)22-18(23)19(27(3,24)25)8-10-20-11-9-19;/h4-7,12-13,20H,8-11H2,1-3H3,(H,22,23);1H. The highest BCUT2D eigenvalue weighted by molar-refractivity contribution is 7.92. The molecule has 1 aromatic heterocycles. The van der Waals surface area contributed by atoms with Crippen LogP contribution in [0.15, 0.2) is 34.9 Å². The summed E-state index contributed by atoms with van der Waals surface area (Å²) in [5.41, 5.74) is 1.33. The van der Waals surface area contributed by atoms with Crippen LogP contribution in [0.2, 0.25) is 0 Å². The zero-order chi connectivity index (χ0) is 19.7. The Bertz CT molecular complexity index is 917. The zero-order valence-electron chi connectivity index (χ0n) is 16.2. The van der Waals surface area contributed by atoms with Crippen LogP contribution in [0.4, 0.5) is 5.69 Å². The topological polar surface area (TPSA) is 101 Å². The Kier molecular flexibility index (Phi) is 6.90. The molecule has 2 heterocycles. The molecule has 1 amide bonds. The Balaban J connectivity index is 0.00000280. The first kappa shape index (κ1) is 22.4. The highest BCUT2D eigenvalue weighted by Gasteiger charge is 2.48. The lowest BCUT2D eigenvalue weighted by Gasteiger charge is -2.34. The molecule has 28 heavy (non-hydrogen) atoms. The third kappa shape index (κ3) is 4.39. The Morgan fingerprint density at radius 1 is 1.21 bits per heavy atom. The summed E-state index contributed by atoms with van der Waals surface area (Å²) in [6.45, 7) is 5.06. The molecule has 1 aromatic carbocycles. The number of hydrogen-bond acceptors (Lipinski definition) is 6. The third-order valence-corrected chi connectivity index (χ3v) is 7.03. The molecular weight excluding hydrogens is 402 g/mol. The van der Waals surface area contributed by atoms with Gasteiger partial charge in [-0.25, -0.2) is 13.4 Å². The van der Waals surface area contributed by atoms with E-state index in [1.165, 1.54) is 0 Å². The van der Waals surface area contributed by atoms with E-state index in [1.54, 1.807) is 30.5 Å². The van der Waals surface area contributed by atoms with Gasteiger partial charge in [0.1, 0.15) is 5.76 Å². The fourth-order valence-corrected chi connectivity index (χ4v) is 4.56. The molecule has 2 aromatic rings. The molecule has 1 saturated heterocycles. The van der Waals surface area contributed by atoms with Gasteiger partial charge in [-0.15, -0.1) is 12.4 Å². The number of nitrogens with one attached hydrogen (secondary N) is 2. The first-order valence-electron chi connectivity index (χ1n) is 9.01. The van der Waals surface area contributed by atoms with Gasteiger partial charge < -0.3 is 15.1 Å². The summed E-state index contributed by atoms with van der Waals surface area (Å²) in [7, 11) is -3.54. The van der Waals surface area contributed by atoms with Crippen molar-refractivity contribution in [2.24, 2.45) is 0 Å². The molecule has 0 spiro atoms. The smallest absolute Gasteiger partial charge is 0.245 e. The number of anilines is 1. The van der Waals surface area contributed by atoms with Crippen LogP contribution in [0.5, 0.6) is 0 Å². The number of amides is 1. The van der Waals surface area contributed by atoms with Crippen molar-refractivity contribution in [2.45, 2.75) is 37.4 Å². The van der Waals surface area contributed by atoms with Crippen molar-refractivity contribution in [2.75, 3.05) is 24.7 Å². The van der Waals surface area contributed by atoms with Gasteiger partial charge in [-0.1, -0.05) is 13.8 Å². The second-order valence-electron chi connectivity index (χ2n) is 7.27. The molecule has 0 unspecified atom stereocenters. The monoisotopic (exact) mass is 427 g/mol. The molecule has 7 nitrogen and oxygen atoms in total. The van der Waals surface area contributed by atoms with Crippen molar-refractivity contribution >= 4 is 33.8 Å². The van der Waals surface area contributed by atoms with E-state index in [0.29, 0.717) is 24.7 Å². The van der Waals surface area contributed by atoms with Gasteiger partial charge >= 0.3 is 0 Å². The quantitative estimate of drug-likeness (QED) is 0.760. The fourth-order valence-electron chi connectivity index (χ4n) is 3.22. The number of carbonyl (C=O) groups is 1. The lowest BCUT2D eigenvalue weighted by molar-refractivity contribution is -0.119. The summed E-state index contributed by atoms with van der Waals surface area (Å²) in [6, 6.07) is 7.04. The lowest BCUT2D eigenvalue weighted by atomic mass is 9.95. The number of hydrogen-bond donors (Lipinski definition) is 2. The maximum atomic E-state index is 12.8. The second kappa shape index (κ2) is 8.63. The van der Waals surface area contributed by atoms with Gasteiger partial charge in [0.15, 0.2) is 14.6 Å². The van der Waals surface area contributed by atoms with Crippen LogP contribution in [0, 0.1) is 0 Å². The van der Waals surface area contributed by atoms with Gasteiger partial charge in [-0.3, -0.25) is 4.79 Å². The highest BCUT2D eigenvalue weighted by Crippen LogP contribution is 2.30. The highest BCUT2D eigenvalue weighted by atomic mass is 35.5. The molecule has 3 rings (SSSR count). The number of sulfone groups is 1. The van der Waals surface area contributed by atoms with Gasteiger partial charge in [-0.2, -0.15) is 0 Å². The minimum absolute atomic E-state index is 0. The number of benzene rings is 1. The molecule has 154 valence electrons. The van der Waals surface area contributed by atoms with Crippen molar-refractivity contribution in [3.8, 4) is 11.5 Å². The van der Waals surface area contributed by atoms with E-state index in [4.69, 9.17) is 4.42 Å². The Morgan fingerprint density at radius 3 is 2.32 bits per heavy atom. The predicted molar refractivity (Wildman–Crippen MR) is 112 cm³/mol. The van der Waals surface area contributed by atoms with E-state index in [2.05, 4.69) is 15.6 Å². The molecule has 0 saturated carbocycles. The number of piperidine rings is 1. The van der Waals surface area contributed by atoms with E-state index in [9.17, 15) is 13.2 Å². The number of rotatable bonds is 5. The Labute approximate surface area is 171 Å². The summed E-state index contributed by atoms with van der Waals surface area (Å²) in [5, 5.41) is 5.87. The van der Waals surface area contributed by atoms with E-state index in [1.807, 2.05) is 13.8 Å². The van der Waals surface area contributed by atoms with Crippen molar-refractivity contribution in [1.82, 2.24) is 10.3 Å². The maximum absolute atomic E-state index is 12.8. The molecule has 1 aliphatic heterocycles.